The van der Waals surface area contributed by atoms with Gasteiger partial charge in [0.05, 0.1) is 34.6 Å². The molecular formula is C34H21N5O2. The van der Waals surface area contributed by atoms with Crippen molar-refractivity contribution in [3.05, 3.63) is 129 Å². The lowest BCUT2D eigenvalue weighted by atomic mass is 10.0. The van der Waals surface area contributed by atoms with Crippen molar-refractivity contribution in [2.24, 2.45) is 0 Å². The van der Waals surface area contributed by atoms with E-state index in [0.717, 1.165) is 50.1 Å². The van der Waals surface area contributed by atoms with Gasteiger partial charge >= 0.3 is 0 Å². The smallest absolute Gasteiger partial charge is 0.227 e. The largest absolute Gasteiger partial charge is 0.444 e. The molecule has 0 unspecified atom stereocenters. The van der Waals surface area contributed by atoms with Crippen molar-refractivity contribution in [3.8, 4) is 50.8 Å². The Kier molecular flexibility index (Phi) is 5.31. The van der Waals surface area contributed by atoms with Gasteiger partial charge in [-0.15, -0.1) is 0 Å². The number of aromatic nitrogens is 5. The Bertz CT molecular complexity index is 2010. The molecule has 5 heterocycles. The molecule has 5 aromatic heterocycles. The highest BCUT2D eigenvalue weighted by molar-refractivity contribution is 6.11. The third-order valence-corrected chi connectivity index (χ3v) is 7.28. The summed E-state index contributed by atoms with van der Waals surface area (Å²) in [6, 6.07) is 27.7. The molecule has 8 rings (SSSR count). The van der Waals surface area contributed by atoms with Crippen LogP contribution >= 0.6 is 0 Å². The molecule has 0 aliphatic rings. The predicted octanol–water partition coefficient (Wildman–Crippen LogP) is 8.22. The molecule has 41 heavy (non-hydrogen) atoms. The monoisotopic (exact) mass is 531 g/mol. The average molecular weight is 532 g/mol. The van der Waals surface area contributed by atoms with Crippen LogP contribution in [0.3, 0.4) is 0 Å². The molecule has 0 spiro atoms. The van der Waals surface area contributed by atoms with E-state index in [9.17, 15) is 0 Å². The first-order chi connectivity index (χ1) is 20.3. The van der Waals surface area contributed by atoms with Gasteiger partial charge in [-0.2, -0.15) is 0 Å². The molecule has 0 saturated carbocycles. The molecule has 194 valence electrons. The summed E-state index contributed by atoms with van der Waals surface area (Å²) >= 11 is 0. The van der Waals surface area contributed by atoms with Crippen LogP contribution in [0.25, 0.3) is 72.7 Å². The van der Waals surface area contributed by atoms with Crippen molar-refractivity contribution in [2.75, 3.05) is 0 Å². The molecule has 0 aliphatic carbocycles. The summed E-state index contributed by atoms with van der Waals surface area (Å²) in [4.78, 5) is 17.5. The number of hydrogen-bond acceptors (Lipinski definition) is 6. The molecule has 0 fully saturated rings. The number of para-hydroxylation sites is 1. The number of rotatable bonds is 5. The normalized spacial score (nSPS) is 11.4. The molecule has 0 atom stereocenters. The molecule has 7 heteroatoms. The zero-order valence-corrected chi connectivity index (χ0v) is 21.7. The van der Waals surface area contributed by atoms with E-state index in [1.54, 1.807) is 37.3 Å². The van der Waals surface area contributed by atoms with E-state index in [2.05, 4.69) is 97.3 Å². The Balaban J connectivity index is 1.32. The highest BCUT2D eigenvalue weighted by Crippen LogP contribution is 2.37. The number of benzene rings is 3. The van der Waals surface area contributed by atoms with Crippen LogP contribution in [0.2, 0.25) is 0 Å². The lowest BCUT2D eigenvalue weighted by Gasteiger charge is -2.10. The highest BCUT2D eigenvalue weighted by atomic mass is 16.3. The molecule has 8 aromatic rings. The van der Waals surface area contributed by atoms with E-state index in [0.29, 0.717) is 11.8 Å². The Morgan fingerprint density at radius 3 is 1.49 bits per heavy atom. The highest BCUT2D eigenvalue weighted by Gasteiger charge is 2.16. The Morgan fingerprint density at radius 2 is 1.00 bits per heavy atom. The topological polar surface area (TPSA) is 82.8 Å². The summed E-state index contributed by atoms with van der Waals surface area (Å²) in [6.07, 6.45) is 13.7. The summed E-state index contributed by atoms with van der Waals surface area (Å²) in [5, 5.41) is 2.34. The fourth-order valence-electron chi connectivity index (χ4n) is 5.39. The van der Waals surface area contributed by atoms with Crippen molar-refractivity contribution in [3.63, 3.8) is 0 Å². The predicted molar refractivity (Wildman–Crippen MR) is 158 cm³/mol. The van der Waals surface area contributed by atoms with Crippen molar-refractivity contribution in [2.45, 2.75) is 0 Å². The van der Waals surface area contributed by atoms with E-state index in [1.807, 2.05) is 18.5 Å². The molecule has 7 nitrogen and oxygen atoms in total. The molecule has 0 N–H and O–H groups in total. The van der Waals surface area contributed by atoms with Gasteiger partial charge in [0.2, 0.25) is 11.8 Å². The van der Waals surface area contributed by atoms with Gasteiger partial charge in [0.25, 0.3) is 0 Å². The first kappa shape index (κ1) is 23.1. The van der Waals surface area contributed by atoms with Crippen LogP contribution in [0.15, 0.2) is 137 Å². The zero-order chi connectivity index (χ0) is 27.2. The van der Waals surface area contributed by atoms with E-state index < -0.39 is 0 Å². The van der Waals surface area contributed by atoms with Crippen LogP contribution in [0.5, 0.6) is 0 Å². The maximum absolute atomic E-state index is 5.51. The van der Waals surface area contributed by atoms with Crippen LogP contribution in [0.4, 0.5) is 0 Å². The van der Waals surface area contributed by atoms with Gasteiger partial charge in [-0.3, -0.25) is 9.97 Å². The van der Waals surface area contributed by atoms with Crippen molar-refractivity contribution < 1.29 is 8.83 Å². The second-order valence-corrected chi connectivity index (χ2v) is 9.73. The average Bonchev–Trinajstić information content (AvgIpc) is 3.82. The van der Waals surface area contributed by atoms with E-state index in [-0.39, 0.29) is 0 Å². The summed E-state index contributed by atoms with van der Waals surface area (Å²) in [7, 11) is 0. The maximum atomic E-state index is 5.51. The van der Waals surface area contributed by atoms with Gasteiger partial charge < -0.3 is 13.4 Å². The van der Waals surface area contributed by atoms with Gasteiger partial charge in [0, 0.05) is 52.4 Å². The van der Waals surface area contributed by atoms with Crippen LogP contribution in [0, 0.1) is 0 Å². The molecule has 0 saturated heterocycles. The summed E-state index contributed by atoms with van der Waals surface area (Å²) in [5.74, 6) is 1.10. The molecule has 0 amide bonds. The molecule has 0 aliphatic heterocycles. The second-order valence-electron chi connectivity index (χ2n) is 9.73. The minimum atomic E-state index is 0.549. The summed E-state index contributed by atoms with van der Waals surface area (Å²) in [6.45, 7) is 0. The molecule has 0 radical (unpaired) electrons. The molecular weight excluding hydrogens is 510 g/mol. The first-order valence-electron chi connectivity index (χ1n) is 13.2. The van der Waals surface area contributed by atoms with Crippen LogP contribution in [0.1, 0.15) is 0 Å². The van der Waals surface area contributed by atoms with E-state index >= 15 is 0 Å². The Hall–Kier alpha value is -5.82. The minimum Gasteiger partial charge on any atom is -0.444 e. The third-order valence-electron chi connectivity index (χ3n) is 7.28. The summed E-state index contributed by atoms with van der Waals surface area (Å²) in [5.41, 5.74) is 9.05. The van der Waals surface area contributed by atoms with E-state index in [1.165, 1.54) is 10.8 Å². The van der Waals surface area contributed by atoms with Gasteiger partial charge in [0.1, 0.15) is 12.5 Å². The third kappa shape index (κ3) is 3.99. The summed E-state index contributed by atoms with van der Waals surface area (Å²) < 4.78 is 13.3. The van der Waals surface area contributed by atoms with Crippen molar-refractivity contribution >= 4 is 21.8 Å². The number of nitrogens with zero attached hydrogens (tertiary/aromatic N) is 5. The number of fused-ring (bicyclic) bond motifs is 3. The number of oxazole rings is 2. The quantitative estimate of drug-likeness (QED) is 0.223. The fraction of sp³-hybridized carbons (Fsp3) is 0. The van der Waals surface area contributed by atoms with Crippen molar-refractivity contribution in [1.29, 1.82) is 0 Å². The lowest BCUT2D eigenvalue weighted by molar-refractivity contribution is 0.574. The van der Waals surface area contributed by atoms with E-state index in [4.69, 9.17) is 8.83 Å². The second kappa shape index (κ2) is 9.43. The molecule has 0 bridgehead atoms. The number of hydrogen-bond donors (Lipinski definition) is 0. The van der Waals surface area contributed by atoms with Crippen LogP contribution in [-0.2, 0) is 0 Å². The maximum Gasteiger partial charge on any atom is 0.227 e. The minimum absolute atomic E-state index is 0.549. The fourth-order valence-corrected chi connectivity index (χ4v) is 5.39. The first-order valence-corrected chi connectivity index (χ1v) is 13.2. The van der Waals surface area contributed by atoms with Crippen LogP contribution in [-0.4, -0.2) is 24.5 Å². The Labute approximate surface area is 234 Å². The van der Waals surface area contributed by atoms with Gasteiger partial charge in [-0.25, -0.2) is 9.97 Å². The zero-order valence-electron chi connectivity index (χ0n) is 21.7. The van der Waals surface area contributed by atoms with Gasteiger partial charge in [0.15, 0.2) is 0 Å². The molecule has 3 aromatic carbocycles. The standard InChI is InChI=1S/C34H21N5O2/c1-2-4-28(5-3-1)39-31-16-22(24-14-26(20-35-18-24)33-37-10-12-40-33)6-8-29(31)30-9-7-23(17-32(30)39)25-15-27(21-36-19-25)34-38-11-13-41-34/h1-21H. The van der Waals surface area contributed by atoms with Crippen molar-refractivity contribution in [1.82, 2.24) is 24.5 Å². The Morgan fingerprint density at radius 1 is 0.488 bits per heavy atom. The van der Waals surface area contributed by atoms with Gasteiger partial charge in [-0.1, -0.05) is 42.5 Å². The van der Waals surface area contributed by atoms with Crippen LogP contribution < -0.4 is 0 Å². The number of pyridine rings is 2. The lowest BCUT2D eigenvalue weighted by Crippen LogP contribution is -1.94. The van der Waals surface area contributed by atoms with Gasteiger partial charge in [-0.05, 0) is 47.5 Å². The SMILES string of the molecule is c1ccc(-n2c3cc(-c4cncc(-c5ncco5)c4)ccc3c3ccc(-c4cncc(-c5ncco5)c4)cc32)cc1.